The highest BCUT2D eigenvalue weighted by molar-refractivity contribution is 6.15. The number of fused-ring (bicyclic) bond motifs is 1. The Bertz CT molecular complexity index is 746. The number of carbonyl (C=O) groups excluding carboxylic acids is 1. The maximum Gasteiger partial charge on any atom is 0.232 e. The van der Waals surface area contributed by atoms with E-state index >= 15 is 0 Å². The second-order valence-corrected chi connectivity index (χ2v) is 4.34. The van der Waals surface area contributed by atoms with Crippen LogP contribution in [0.2, 0.25) is 0 Å². The molecule has 2 aromatic rings. The normalized spacial score (nSPS) is 15.2. The minimum atomic E-state index is -0.463. The molecular weight excluding hydrogens is 260 g/mol. The van der Waals surface area contributed by atoms with Crippen molar-refractivity contribution in [2.24, 2.45) is 0 Å². The number of allylic oxidation sites excluding steroid dienone is 1. The molecule has 0 atom stereocenters. The van der Waals surface area contributed by atoms with Crippen LogP contribution < -0.4 is 4.74 Å². The topological polar surface area (TPSA) is 87.0 Å². The van der Waals surface area contributed by atoms with Gasteiger partial charge in [0.15, 0.2) is 17.3 Å². The quantitative estimate of drug-likeness (QED) is 0.547. The first-order valence-electron chi connectivity index (χ1n) is 5.84. The van der Waals surface area contributed by atoms with Gasteiger partial charge in [-0.15, -0.1) is 0 Å². The van der Waals surface area contributed by atoms with Gasteiger partial charge in [0.1, 0.15) is 5.75 Å². The number of hydrogen-bond donors (Lipinski definition) is 3. The fourth-order valence-corrected chi connectivity index (χ4v) is 1.99. The van der Waals surface area contributed by atoms with Gasteiger partial charge in [0.25, 0.3) is 0 Å². The van der Waals surface area contributed by atoms with E-state index in [1.54, 1.807) is 12.1 Å². The number of phenols is 3. The van der Waals surface area contributed by atoms with Crippen LogP contribution >= 0.6 is 0 Å². The maximum absolute atomic E-state index is 12.1. The zero-order valence-electron chi connectivity index (χ0n) is 10.2. The third kappa shape index (κ3) is 1.85. The molecule has 0 fully saturated rings. The first-order valence-corrected chi connectivity index (χ1v) is 5.84. The highest BCUT2D eigenvalue weighted by Crippen LogP contribution is 2.44. The van der Waals surface area contributed by atoms with E-state index in [2.05, 4.69) is 0 Å². The van der Waals surface area contributed by atoms with Gasteiger partial charge in [0, 0.05) is 0 Å². The summed E-state index contributed by atoms with van der Waals surface area (Å²) in [6.07, 6.45) is 1.46. The van der Waals surface area contributed by atoms with E-state index in [4.69, 9.17) is 4.74 Å². The van der Waals surface area contributed by atoms with Crippen molar-refractivity contribution in [2.75, 3.05) is 0 Å². The van der Waals surface area contributed by atoms with Crippen molar-refractivity contribution in [2.45, 2.75) is 0 Å². The zero-order valence-corrected chi connectivity index (χ0v) is 10.2. The van der Waals surface area contributed by atoms with Crippen molar-refractivity contribution in [1.82, 2.24) is 0 Å². The van der Waals surface area contributed by atoms with Crippen LogP contribution in [0.4, 0.5) is 0 Å². The molecular formula is C15H10O5. The Morgan fingerprint density at radius 3 is 2.60 bits per heavy atom. The van der Waals surface area contributed by atoms with Gasteiger partial charge in [0.05, 0.1) is 5.56 Å². The fraction of sp³-hybridized carbons (Fsp3) is 0. The van der Waals surface area contributed by atoms with Crippen LogP contribution in [0.3, 0.4) is 0 Å². The second-order valence-electron chi connectivity index (χ2n) is 4.34. The summed E-state index contributed by atoms with van der Waals surface area (Å²) in [6, 6.07) is 8.94. The van der Waals surface area contributed by atoms with E-state index in [0.29, 0.717) is 5.56 Å². The maximum atomic E-state index is 12.1. The number of aromatic hydroxyl groups is 3. The Morgan fingerprint density at radius 1 is 1.05 bits per heavy atom. The van der Waals surface area contributed by atoms with Crippen molar-refractivity contribution in [3.8, 4) is 23.0 Å². The van der Waals surface area contributed by atoms with Crippen LogP contribution in [0.25, 0.3) is 6.08 Å². The third-order valence-electron chi connectivity index (χ3n) is 2.96. The number of benzene rings is 2. The van der Waals surface area contributed by atoms with E-state index in [9.17, 15) is 20.1 Å². The van der Waals surface area contributed by atoms with Crippen LogP contribution in [-0.2, 0) is 0 Å². The Kier molecular flexibility index (Phi) is 2.61. The van der Waals surface area contributed by atoms with Gasteiger partial charge in [-0.2, -0.15) is 0 Å². The van der Waals surface area contributed by atoms with Crippen molar-refractivity contribution >= 4 is 11.9 Å². The molecule has 0 spiro atoms. The van der Waals surface area contributed by atoms with Crippen LogP contribution in [-0.4, -0.2) is 21.1 Å². The molecule has 5 heteroatoms. The lowest BCUT2D eigenvalue weighted by atomic mass is 10.1. The van der Waals surface area contributed by atoms with Gasteiger partial charge in [-0.05, 0) is 35.9 Å². The summed E-state index contributed by atoms with van der Waals surface area (Å²) in [6.45, 7) is 0. The summed E-state index contributed by atoms with van der Waals surface area (Å²) in [5.41, 5.74) is 0.775. The summed E-state index contributed by atoms with van der Waals surface area (Å²) < 4.78 is 5.29. The van der Waals surface area contributed by atoms with E-state index in [1.165, 1.54) is 30.3 Å². The molecule has 20 heavy (non-hydrogen) atoms. The third-order valence-corrected chi connectivity index (χ3v) is 2.96. The standard InChI is InChI=1S/C15H10O5/c16-9-3-1-2-8(6-9)7-12-13(18)10-4-5-11(17)14(19)15(10)20-12/h1-7,16-17,19H/b12-7-. The Balaban J connectivity index is 2.04. The second kappa shape index (κ2) is 4.31. The van der Waals surface area contributed by atoms with Crippen LogP contribution in [0, 0.1) is 0 Å². The monoisotopic (exact) mass is 270 g/mol. The number of ketones is 1. The number of phenolic OH excluding ortho intramolecular Hbond substituents is 3. The summed E-state index contributed by atoms with van der Waals surface area (Å²) in [5.74, 6) is -1.17. The molecule has 0 unspecified atom stereocenters. The molecule has 2 aromatic carbocycles. The van der Waals surface area contributed by atoms with E-state index in [-0.39, 0.29) is 28.6 Å². The molecule has 0 saturated heterocycles. The molecule has 5 nitrogen and oxygen atoms in total. The Labute approximate surface area is 114 Å². The first-order chi connectivity index (χ1) is 9.56. The Morgan fingerprint density at radius 2 is 1.85 bits per heavy atom. The predicted molar refractivity (Wildman–Crippen MR) is 70.8 cm³/mol. The predicted octanol–water partition coefficient (Wildman–Crippen LogP) is 2.42. The SMILES string of the molecule is O=C1/C(=C/c2cccc(O)c2)Oc2c1ccc(O)c2O. The smallest absolute Gasteiger partial charge is 0.232 e. The number of Topliss-reactive ketones (excluding diaryl/α,β-unsaturated/α-hetero) is 1. The highest BCUT2D eigenvalue weighted by atomic mass is 16.5. The average molecular weight is 270 g/mol. The zero-order chi connectivity index (χ0) is 14.3. The summed E-state index contributed by atoms with van der Waals surface area (Å²) in [7, 11) is 0. The first kappa shape index (κ1) is 12.1. The van der Waals surface area contributed by atoms with Crippen molar-refractivity contribution in [3.63, 3.8) is 0 Å². The molecule has 0 radical (unpaired) electrons. The molecule has 100 valence electrons. The molecule has 3 rings (SSSR count). The molecule has 0 aromatic heterocycles. The summed E-state index contributed by atoms with van der Waals surface area (Å²) in [5, 5.41) is 28.4. The number of hydrogen-bond acceptors (Lipinski definition) is 5. The lowest BCUT2D eigenvalue weighted by molar-refractivity contribution is 0.101. The molecule has 0 saturated carbocycles. The van der Waals surface area contributed by atoms with Gasteiger partial charge < -0.3 is 20.1 Å². The van der Waals surface area contributed by atoms with E-state index < -0.39 is 11.5 Å². The molecule has 0 bridgehead atoms. The lowest BCUT2D eigenvalue weighted by Crippen LogP contribution is -1.97. The van der Waals surface area contributed by atoms with E-state index in [1.807, 2.05) is 0 Å². The molecule has 3 N–H and O–H groups in total. The number of rotatable bonds is 1. The van der Waals surface area contributed by atoms with Crippen molar-refractivity contribution in [3.05, 3.63) is 53.3 Å². The summed E-state index contributed by atoms with van der Waals surface area (Å²) in [4.78, 5) is 12.1. The van der Waals surface area contributed by atoms with Crippen molar-refractivity contribution in [1.29, 1.82) is 0 Å². The minimum Gasteiger partial charge on any atom is -0.508 e. The van der Waals surface area contributed by atoms with Crippen LogP contribution in [0.15, 0.2) is 42.2 Å². The average Bonchev–Trinajstić information content (AvgIpc) is 2.72. The van der Waals surface area contributed by atoms with Gasteiger partial charge in [0.2, 0.25) is 11.5 Å². The number of ether oxygens (including phenoxy) is 1. The van der Waals surface area contributed by atoms with Crippen LogP contribution in [0.1, 0.15) is 15.9 Å². The van der Waals surface area contributed by atoms with Gasteiger partial charge >= 0.3 is 0 Å². The van der Waals surface area contributed by atoms with Gasteiger partial charge in [-0.3, -0.25) is 4.79 Å². The lowest BCUT2D eigenvalue weighted by Gasteiger charge is -2.02. The summed E-state index contributed by atoms with van der Waals surface area (Å²) >= 11 is 0. The molecule has 1 aliphatic rings. The van der Waals surface area contributed by atoms with Gasteiger partial charge in [-0.25, -0.2) is 0 Å². The minimum absolute atomic E-state index is 0.0199. The number of carbonyl (C=O) groups is 1. The molecule has 1 heterocycles. The molecule has 0 aliphatic carbocycles. The van der Waals surface area contributed by atoms with Crippen molar-refractivity contribution < 1.29 is 24.9 Å². The molecule has 1 aliphatic heterocycles. The fourth-order valence-electron chi connectivity index (χ4n) is 1.99. The largest absolute Gasteiger partial charge is 0.508 e. The van der Waals surface area contributed by atoms with E-state index in [0.717, 1.165) is 0 Å². The molecule has 0 amide bonds. The van der Waals surface area contributed by atoms with Gasteiger partial charge in [-0.1, -0.05) is 12.1 Å². The van der Waals surface area contributed by atoms with Crippen LogP contribution in [0.5, 0.6) is 23.0 Å². The highest BCUT2D eigenvalue weighted by Gasteiger charge is 2.31. The Hall–Kier alpha value is -2.95.